The van der Waals surface area contributed by atoms with Gasteiger partial charge in [0.2, 0.25) is 0 Å². The predicted molar refractivity (Wildman–Crippen MR) is 75.0 cm³/mol. The highest BCUT2D eigenvalue weighted by molar-refractivity contribution is 7.10. The van der Waals surface area contributed by atoms with Crippen LogP contribution in [0.3, 0.4) is 0 Å². The highest BCUT2D eigenvalue weighted by Gasteiger charge is 2.08. The summed E-state index contributed by atoms with van der Waals surface area (Å²) in [5.74, 6) is 5.49. The summed E-state index contributed by atoms with van der Waals surface area (Å²) in [6.07, 6.45) is 1.51. The summed E-state index contributed by atoms with van der Waals surface area (Å²) in [7, 11) is 0. The van der Waals surface area contributed by atoms with Gasteiger partial charge in [0.25, 0.3) is 5.91 Å². The van der Waals surface area contributed by atoms with Gasteiger partial charge in [-0.1, -0.05) is 16.3 Å². The minimum Gasteiger partial charge on any atom is -0.320 e. The number of aromatic nitrogens is 2. The van der Waals surface area contributed by atoms with E-state index in [9.17, 15) is 4.79 Å². The van der Waals surface area contributed by atoms with Gasteiger partial charge in [0, 0.05) is 22.7 Å². The van der Waals surface area contributed by atoms with E-state index in [0.717, 1.165) is 22.7 Å². The van der Waals surface area contributed by atoms with E-state index < -0.39 is 0 Å². The molecule has 6 heteroatoms. The third kappa shape index (κ3) is 3.61. The van der Waals surface area contributed by atoms with Gasteiger partial charge in [-0.2, -0.15) is 0 Å². The van der Waals surface area contributed by atoms with Gasteiger partial charge < -0.3 is 11.1 Å². The van der Waals surface area contributed by atoms with Crippen LogP contribution in [0.1, 0.15) is 21.5 Å². The minimum atomic E-state index is -0.203. The molecule has 0 spiro atoms. The number of nitrogens with one attached hydrogen (secondary N) is 1. The van der Waals surface area contributed by atoms with Crippen molar-refractivity contribution in [1.82, 2.24) is 9.59 Å². The molecule has 1 aromatic carbocycles. The molecule has 0 aliphatic rings. The van der Waals surface area contributed by atoms with Crippen LogP contribution in [0.5, 0.6) is 0 Å². The number of amides is 1. The molecule has 0 saturated carbocycles. The standard InChI is InChI=1S/C13H12N4OS/c1-9-5-10(3-2-4-14)7-11(6-9)13(18)16-12-8-15-17-19-12/h5-8H,4,14H2,1H3,(H,16,18). The van der Waals surface area contributed by atoms with Crippen LogP contribution in [0, 0.1) is 18.8 Å². The SMILES string of the molecule is Cc1cc(C#CCN)cc(C(=O)Nc2cnns2)c1. The van der Waals surface area contributed by atoms with Gasteiger partial charge in [0.05, 0.1) is 12.7 Å². The summed E-state index contributed by atoms with van der Waals surface area (Å²) in [5.41, 5.74) is 7.63. The Hall–Kier alpha value is -2.23. The molecule has 1 aromatic heterocycles. The van der Waals surface area contributed by atoms with Crippen molar-refractivity contribution in [2.75, 3.05) is 11.9 Å². The fourth-order valence-corrected chi connectivity index (χ4v) is 1.96. The summed E-state index contributed by atoms with van der Waals surface area (Å²) < 4.78 is 3.69. The molecule has 0 saturated heterocycles. The fourth-order valence-electron chi connectivity index (χ4n) is 1.55. The molecule has 2 aromatic rings. The van der Waals surface area contributed by atoms with Crippen molar-refractivity contribution in [2.24, 2.45) is 5.73 Å². The number of nitrogens with zero attached hydrogens (tertiary/aromatic N) is 2. The largest absolute Gasteiger partial charge is 0.320 e. The summed E-state index contributed by atoms with van der Waals surface area (Å²) in [6, 6.07) is 5.45. The van der Waals surface area contributed by atoms with E-state index in [4.69, 9.17) is 5.73 Å². The normalized spacial score (nSPS) is 9.58. The molecular weight excluding hydrogens is 260 g/mol. The van der Waals surface area contributed by atoms with Crippen LogP contribution >= 0.6 is 11.5 Å². The Morgan fingerprint density at radius 1 is 1.47 bits per heavy atom. The van der Waals surface area contributed by atoms with E-state index in [0.29, 0.717) is 17.1 Å². The summed E-state index contributed by atoms with van der Waals surface area (Å²) in [6.45, 7) is 2.21. The predicted octanol–water partition coefficient (Wildman–Crippen LogP) is 1.41. The highest BCUT2D eigenvalue weighted by atomic mass is 32.1. The molecule has 0 radical (unpaired) electrons. The molecule has 0 aliphatic carbocycles. The molecule has 19 heavy (non-hydrogen) atoms. The van der Waals surface area contributed by atoms with Crippen LogP contribution in [-0.4, -0.2) is 22.0 Å². The van der Waals surface area contributed by atoms with Gasteiger partial charge in [-0.05, 0) is 30.7 Å². The first-order valence-corrected chi connectivity index (χ1v) is 6.35. The molecule has 3 N–H and O–H groups in total. The lowest BCUT2D eigenvalue weighted by Gasteiger charge is -2.04. The number of nitrogens with two attached hydrogens (primary N) is 1. The minimum absolute atomic E-state index is 0.203. The summed E-state index contributed by atoms with van der Waals surface area (Å²) >= 11 is 1.13. The fraction of sp³-hybridized carbons (Fsp3) is 0.154. The Kier molecular flexibility index (Phi) is 4.23. The Morgan fingerprint density at radius 2 is 2.32 bits per heavy atom. The van der Waals surface area contributed by atoms with Crippen LogP contribution in [0.4, 0.5) is 5.00 Å². The third-order valence-corrected chi connectivity index (χ3v) is 2.85. The number of rotatable bonds is 2. The smallest absolute Gasteiger partial charge is 0.256 e. The number of carbonyl (C=O) groups excluding carboxylic acids is 1. The van der Waals surface area contributed by atoms with Crippen molar-refractivity contribution in [3.63, 3.8) is 0 Å². The van der Waals surface area contributed by atoms with E-state index in [1.54, 1.807) is 12.1 Å². The van der Waals surface area contributed by atoms with Gasteiger partial charge in [-0.15, -0.1) is 5.10 Å². The second-order valence-electron chi connectivity index (χ2n) is 3.83. The maximum absolute atomic E-state index is 12.1. The molecule has 0 unspecified atom stereocenters. The lowest BCUT2D eigenvalue weighted by Crippen LogP contribution is -2.11. The molecule has 2 rings (SSSR count). The molecule has 96 valence electrons. The average molecular weight is 272 g/mol. The van der Waals surface area contributed by atoms with Crippen molar-refractivity contribution in [2.45, 2.75) is 6.92 Å². The zero-order chi connectivity index (χ0) is 13.7. The van der Waals surface area contributed by atoms with Gasteiger partial charge in [-0.25, -0.2) is 0 Å². The second kappa shape index (κ2) is 6.09. The molecule has 5 nitrogen and oxygen atoms in total. The van der Waals surface area contributed by atoms with E-state index >= 15 is 0 Å². The van der Waals surface area contributed by atoms with E-state index in [1.165, 1.54) is 6.20 Å². The third-order valence-electron chi connectivity index (χ3n) is 2.27. The summed E-state index contributed by atoms with van der Waals surface area (Å²) in [5, 5.41) is 7.00. The van der Waals surface area contributed by atoms with Gasteiger partial charge in [-0.3, -0.25) is 4.79 Å². The van der Waals surface area contributed by atoms with Crippen molar-refractivity contribution in [1.29, 1.82) is 0 Å². The number of hydrogen-bond donors (Lipinski definition) is 2. The number of hydrogen-bond acceptors (Lipinski definition) is 5. The average Bonchev–Trinajstić information content (AvgIpc) is 2.88. The monoisotopic (exact) mass is 272 g/mol. The van der Waals surface area contributed by atoms with Crippen molar-refractivity contribution in [3.8, 4) is 11.8 Å². The quantitative estimate of drug-likeness (QED) is 0.810. The van der Waals surface area contributed by atoms with Crippen LogP contribution < -0.4 is 11.1 Å². The van der Waals surface area contributed by atoms with E-state index in [2.05, 4.69) is 26.7 Å². The van der Waals surface area contributed by atoms with Gasteiger partial charge >= 0.3 is 0 Å². The second-order valence-corrected chi connectivity index (χ2v) is 4.62. The lowest BCUT2D eigenvalue weighted by molar-refractivity contribution is 0.102. The molecule has 0 atom stereocenters. The summed E-state index contributed by atoms with van der Waals surface area (Å²) in [4.78, 5) is 12.1. The number of anilines is 1. The molecule has 1 amide bonds. The van der Waals surface area contributed by atoms with Crippen LogP contribution in [0.15, 0.2) is 24.4 Å². The zero-order valence-corrected chi connectivity index (χ0v) is 11.1. The molecule has 0 bridgehead atoms. The van der Waals surface area contributed by atoms with Gasteiger partial charge in [0.15, 0.2) is 0 Å². The topological polar surface area (TPSA) is 80.9 Å². The Bertz CT molecular complexity index is 640. The Balaban J connectivity index is 2.24. The molecule has 0 fully saturated rings. The first kappa shape index (κ1) is 13.2. The molecule has 0 aliphatic heterocycles. The first-order valence-electron chi connectivity index (χ1n) is 5.58. The molecular formula is C13H12N4OS. The Morgan fingerprint density at radius 3 is 3.00 bits per heavy atom. The van der Waals surface area contributed by atoms with Crippen LogP contribution in [0.25, 0.3) is 0 Å². The lowest BCUT2D eigenvalue weighted by atomic mass is 10.1. The van der Waals surface area contributed by atoms with Crippen LogP contribution in [-0.2, 0) is 0 Å². The van der Waals surface area contributed by atoms with Crippen molar-refractivity contribution < 1.29 is 4.79 Å². The highest BCUT2D eigenvalue weighted by Crippen LogP contribution is 2.14. The van der Waals surface area contributed by atoms with E-state index in [-0.39, 0.29) is 5.91 Å². The first-order chi connectivity index (χ1) is 9.19. The number of benzene rings is 1. The van der Waals surface area contributed by atoms with Crippen LogP contribution in [0.2, 0.25) is 0 Å². The zero-order valence-electron chi connectivity index (χ0n) is 10.3. The molecule has 1 heterocycles. The maximum atomic E-state index is 12.1. The number of aryl methyl sites for hydroxylation is 1. The van der Waals surface area contributed by atoms with Crippen molar-refractivity contribution in [3.05, 3.63) is 41.1 Å². The van der Waals surface area contributed by atoms with E-state index in [1.807, 2.05) is 13.0 Å². The maximum Gasteiger partial charge on any atom is 0.256 e. The van der Waals surface area contributed by atoms with Gasteiger partial charge in [0.1, 0.15) is 5.00 Å². The number of carbonyl (C=O) groups is 1. The van der Waals surface area contributed by atoms with Crippen molar-refractivity contribution >= 4 is 22.4 Å². The Labute approximate surface area is 115 Å².